The number of carbonyl (C=O) groups is 1. The van der Waals surface area contributed by atoms with E-state index in [0.717, 1.165) is 13.1 Å². The van der Waals surface area contributed by atoms with Crippen LogP contribution in [0.4, 0.5) is 22.0 Å². The molecule has 0 fully saturated rings. The third-order valence-electron chi connectivity index (χ3n) is 5.77. The Balaban J connectivity index is 1.78. The second-order valence-corrected chi connectivity index (χ2v) is 8.73. The van der Waals surface area contributed by atoms with Crippen LogP contribution < -0.4 is 20.7 Å². The van der Waals surface area contributed by atoms with E-state index in [9.17, 15) is 36.3 Å². The summed E-state index contributed by atoms with van der Waals surface area (Å²) in [5, 5.41) is 0.511. The average Bonchev–Trinajstić information content (AvgIpc) is 2.89. The quantitative estimate of drug-likeness (QED) is 0.206. The first-order chi connectivity index (χ1) is 18.8. The summed E-state index contributed by atoms with van der Waals surface area (Å²) in [5.74, 6) is -1.08. The molecule has 4 rings (SSSR count). The summed E-state index contributed by atoms with van der Waals surface area (Å²) >= 11 is 6.04. The molecule has 40 heavy (non-hydrogen) atoms. The Kier molecular flexibility index (Phi) is 7.87. The normalized spacial score (nSPS) is 11.6. The van der Waals surface area contributed by atoms with E-state index >= 15 is 0 Å². The second-order valence-electron chi connectivity index (χ2n) is 8.32. The molecule has 0 aliphatic carbocycles. The molecule has 0 spiro atoms. The van der Waals surface area contributed by atoms with E-state index in [1.807, 2.05) is 0 Å². The van der Waals surface area contributed by atoms with Crippen LogP contribution in [0.1, 0.15) is 17.7 Å². The zero-order chi connectivity index (χ0) is 29.4. The zero-order valence-electron chi connectivity index (χ0n) is 20.6. The molecule has 3 aromatic carbocycles. The molecule has 0 aliphatic heterocycles. The Morgan fingerprint density at radius 1 is 0.975 bits per heavy atom. The number of alkyl halides is 5. The van der Waals surface area contributed by atoms with E-state index in [1.54, 1.807) is 12.1 Å². The zero-order valence-corrected chi connectivity index (χ0v) is 21.3. The maximum absolute atomic E-state index is 13.9. The number of halogens is 6. The van der Waals surface area contributed by atoms with E-state index in [0.29, 0.717) is 37.8 Å². The van der Waals surface area contributed by atoms with Crippen molar-refractivity contribution in [1.82, 2.24) is 9.13 Å². The summed E-state index contributed by atoms with van der Waals surface area (Å²) in [7, 11) is 2.19. The van der Waals surface area contributed by atoms with Gasteiger partial charge in [-0.1, -0.05) is 23.7 Å². The maximum Gasteiger partial charge on any atom is 0.420 e. The van der Waals surface area contributed by atoms with Crippen molar-refractivity contribution in [2.45, 2.75) is 12.6 Å². The van der Waals surface area contributed by atoms with Crippen molar-refractivity contribution < 1.29 is 41.0 Å². The lowest BCUT2D eigenvalue weighted by molar-refractivity contribution is -0.143. The Morgan fingerprint density at radius 3 is 2.20 bits per heavy atom. The summed E-state index contributed by atoms with van der Waals surface area (Å²) in [5.41, 5.74) is -5.14. The number of hydrogen-bond donors (Lipinski definition) is 0. The predicted octanol–water partition coefficient (Wildman–Crippen LogP) is 5.64. The molecular weight excluding hydrogens is 567 g/mol. The molecule has 1 heterocycles. The van der Waals surface area contributed by atoms with E-state index in [2.05, 4.69) is 4.74 Å². The van der Waals surface area contributed by atoms with Gasteiger partial charge in [-0.25, -0.2) is 22.9 Å². The standard InChI is InChI=1S/C26H18ClF5N2O6/c1-33-20(24(28)29)11-22(35)34(25(33)37)19-10-21(17(9-18(19)27)26(30,31)32)40-16-6-4-13-7-15(5-3-14(13)8-16)39-12-23(36)38-2/h3-11,24H,12H2,1-2H3. The first kappa shape index (κ1) is 28.6. The van der Waals surface area contributed by atoms with Gasteiger partial charge < -0.3 is 14.2 Å². The number of methoxy groups -OCH3 is 1. The van der Waals surface area contributed by atoms with Gasteiger partial charge in [0.2, 0.25) is 0 Å². The minimum atomic E-state index is -4.95. The van der Waals surface area contributed by atoms with Crippen LogP contribution in [-0.4, -0.2) is 28.8 Å². The van der Waals surface area contributed by atoms with Gasteiger partial charge in [-0.15, -0.1) is 0 Å². The number of ether oxygens (including phenoxy) is 3. The molecule has 0 bridgehead atoms. The molecule has 0 saturated carbocycles. The van der Waals surface area contributed by atoms with Crippen LogP contribution in [0.3, 0.4) is 0 Å². The summed E-state index contributed by atoms with van der Waals surface area (Å²) in [6, 6.07) is 10.7. The lowest BCUT2D eigenvalue weighted by Crippen LogP contribution is -2.39. The fourth-order valence-corrected chi connectivity index (χ4v) is 4.03. The van der Waals surface area contributed by atoms with Gasteiger partial charge in [-0.05, 0) is 41.1 Å². The van der Waals surface area contributed by atoms with Crippen molar-refractivity contribution in [3.8, 4) is 22.9 Å². The number of rotatable bonds is 7. The summed E-state index contributed by atoms with van der Waals surface area (Å²) < 4.78 is 84.3. The van der Waals surface area contributed by atoms with Crippen LogP contribution in [0, 0.1) is 0 Å². The number of hydrogen-bond acceptors (Lipinski definition) is 6. The highest BCUT2D eigenvalue weighted by atomic mass is 35.5. The topological polar surface area (TPSA) is 88.8 Å². The summed E-state index contributed by atoms with van der Waals surface area (Å²) in [4.78, 5) is 36.6. The minimum absolute atomic E-state index is 0.0391. The van der Waals surface area contributed by atoms with E-state index in [-0.39, 0.29) is 12.4 Å². The van der Waals surface area contributed by atoms with Crippen LogP contribution in [0.2, 0.25) is 5.02 Å². The first-order valence-electron chi connectivity index (χ1n) is 11.2. The highest BCUT2D eigenvalue weighted by molar-refractivity contribution is 6.32. The second kappa shape index (κ2) is 11.0. The van der Waals surface area contributed by atoms with Gasteiger partial charge in [0.1, 0.15) is 17.2 Å². The lowest BCUT2D eigenvalue weighted by Gasteiger charge is -2.18. The van der Waals surface area contributed by atoms with E-state index in [4.69, 9.17) is 21.1 Å². The monoisotopic (exact) mass is 584 g/mol. The highest BCUT2D eigenvalue weighted by Gasteiger charge is 2.36. The van der Waals surface area contributed by atoms with Gasteiger partial charge in [-0.2, -0.15) is 13.2 Å². The molecule has 0 radical (unpaired) electrons. The van der Waals surface area contributed by atoms with Gasteiger partial charge in [0.05, 0.1) is 29.1 Å². The van der Waals surface area contributed by atoms with Crippen molar-refractivity contribution in [3.63, 3.8) is 0 Å². The van der Waals surface area contributed by atoms with Crippen LogP contribution >= 0.6 is 11.6 Å². The van der Waals surface area contributed by atoms with E-state index < -0.39 is 57.5 Å². The Morgan fingerprint density at radius 2 is 1.60 bits per heavy atom. The maximum atomic E-state index is 13.9. The molecule has 0 aliphatic rings. The van der Waals surface area contributed by atoms with Crippen LogP contribution in [0.5, 0.6) is 17.2 Å². The molecule has 0 atom stereocenters. The van der Waals surface area contributed by atoms with Gasteiger partial charge in [-0.3, -0.25) is 9.36 Å². The first-order valence-corrected chi connectivity index (χ1v) is 11.6. The van der Waals surface area contributed by atoms with Crippen molar-refractivity contribution in [2.75, 3.05) is 13.7 Å². The number of benzene rings is 3. The third kappa shape index (κ3) is 5.78. The van der Waals surface area contributed by atoms with Gasteiger partial charge in [0.15, 0.2) is 6.61 Å². The van der Waals surface area contributed by atoms with E-state index in [1.165, 1.54) is 31.4 Å². The number of nitrogens with zero attached hydrogens (tertiary/aromatic N) is 2. The molecule has 0 N–H and O–H groups in total. The van der Waals surface area contributed by atoms with Crippen molar-refractivity contribution in [2.24, 2.45) is 7.05 Å². The van der Waals surface area contributed by atoms with Crippen LogP contribution in [0.25, 0.3) is 16.5 Å². The van der Waals surface area contributed by atoms with Crippen molar-refractivity contribution >= 4 is 28.3 Å². The molecule has 0 saturated heterocycles. The minimum Gasteiger partial charge on any atom is -0.482 e. The molecular formula is C26H18ClF5N2O6. The number of fused-ring (bicyclic) bond motifs is 1. The highest BCUT2D eigenvalue weighted by Crippen LogP contribution is 2.42. The largest absolute Gasteiger partial charge is 0.482 e. The van der Waals surface area contributed by atoms with Gasteiger partial charge in [0, 0.05) is 19.2 Å². The van der Waals surface area contributed by atoms with Gasteiger partial charge >= 0.3 is 17.8 Å². The van der Waals surface area contributed by atoms with Gasteiger partial charge in [0.25, 0.3) is 12.0 Å². The number of esters is 1. The summed E-state index contributed by atoms with van der Waals surface area (Å²) in [6.45, 7) is -0.320. The Hall–Kier alpha value is -4.39. The SMILES string of the molecule is COC(=O)COc1ccc2cc(Oc3cc(-n4c(=O)cc(C(F)F)n(C)c4=O)c(Cl)cc3C(F)(F)F)ccc2c1. The molecule has 0 unspecified atom stereocenters. The molecule has 14 heteroatoms. The van der Waals surface area contributed by atoms with Crippen molar-refractivity contribution in [1.29, 1.82) is 0 Å². The molecule has 1 aromatic heterocycles. The van der Waals surface area contributed by atoms with Crippen molar-refractivity contribution in [3.05, 3.63) is 91.7 Å². The summed E-state index contributed by atoms with van der Waals surface area (Å²) in [6.07, 6.45) is -8.10. The van der Waals surface area contributed by atoms with Crippen LogP contribution in [-0.2, 0) is 22.8 Å². The fraction of sp³-hybridized carbons (Fsp3) is 0.192. The number of carbonyl (C=O) groups excluding carboxylic acids is 1. The Labute approximate surface area is 226 Å². The molecule has 8 nitrogen and oxygen atoms in total. The molecule has 4 aromatic rings. The lowest BCUT2D eigenvalue weighted by atomic mass is 10.1. The molecule has 210 valence electrons. The Bertz CT molecular complexity index is 1730. The number of aromatic nitrogens is 2. The average molecular weight is 585 g/mol. The third-order valence-corrected chi connectivity index (χ3v) is 6.07. The van der Waals surface area contributed by atoms with Crippen LogP contribution in [0.15, 0.2) is 64.2 Å². The predicted molar refractivity (Wildman–Crippen MR) is 134 cm³/mol. The smallest absolute Gasteiger partial charge is 0.420 e. The molecule has 0 amide bonds. The fourth-order valence-electron chi connectivity index (χ4n) is 3.78.